The molecule has 1 N–H and O–H groups in total. The minimum Gasteiger partial charge on any atom is -0.357 e. The van der Waals surface area contributed by atoms with E-state index >= 15 is 0 Å². The van der Waals surface area contributed by atoms with E-state index in [-0.39, 0.29) is 11.7 Å². The fraction of sp³-hybridized carbons (Fsp3) is 0.308. The molecule has 0 aromatic carbocycles. The summed E-state index contributed by atoms with van der Waals surface area (Å²) in [5.41, 5.74) is 1.25. The standard InChI is InChI=1S/C13H12BrN3O2S/c14-8-6-11(17(18)19)13(15-7-8)16-10-2-1-3-12-9(10)4-5-20-12/h4-7,10H,1-3H2,(H,15,16). The number of anilines is 1. The summed E-state index contributed by atoms with van der Waals surface area (Å²) in [5, 5.41) is 16.4. The van der Waals surface area contributed by atoms with Gasteiger partial charge in [0.25, 0.3) is 0 Å². The SMILES string of the molecule is O=[N+]([O-])c1cc(Br)cnc1NC1CCCc2sccc21. The highest BCUT2D eigenvalue weighted by atomic mass is 79.9. The average Bonchev–Trinajstić information content (AvgIpc) is 2.90. The number of pyridine rings is 1. The first kappa shape index (κ1) is 13.5. The molecule has 3 rings (SSSR count). The molecule has 0 radical (unpaired) electrons. The molecule has 0 aliphatic heterocycles. The molecule has 2 aromatic rings. The first-order valence-corrected chi connectivity index (χ1v) is 7.95. The Balaban J connectivity index is 1.92. The Bertz CT molecular complexity index is 659. The first-order valence-electron chi connectivity index (χ1n) is 6.28. The van der Waals surface area contributed by atoms with Gasteiger partial charge in [0.15, 0.2) is 0 Å². The van der Waals surface area contributed by atoms with Crippen LogP contribution in [0.3, 0.4) is 0 Å². The molecule has 0 amide bonds. The van der Waals surface area contributed by atoms with Crippen molar-refractivity contribution in [3.05, 3.63) is 48.7 Å². The normalized spacial score (nSPS) is 17.6. The van der Waals surface area contributed by atoms with E-state index in [4.69, 9.17) is 0 Å². The lowest BCUT2D eigenvalue weighted by Gasteiger charge is -2.24. The average molecular weight is 354 g/mol. The van der Waals surface area contributed by atoms with Crippen molar-refractivity contribution in [2.75, 3.05) is 5.32 Å². The van der Waals surface area contributed by atoms with E-state index in [1.54, 1.807) is 17.5 Å². The van der Waals surface area contributed by atoms with Crippen LogP contribution in [0.4, 0.5) is 11.5 Å². The van der Waals surface area contributed by atoms with Gasteiger partial charge < -0.3 is 5.32 Å². The van der Waals surface area contributed by atoms with Crippen LogP contribution in [-0.4, -0.2) is 9.91 Å². The second kappa shape index (κ2) is 5.49. The zero-order valence-corrected chi connectivity index (χ0v) is 12.9. The predicted octanol–water partition coefficient (Wildman–Crippen LogP) is 4.30. The quantitative estimate of drug-likeness (QED) is 0.659. The van der Waals surface area contributed by atoms with Gasteiger partial charge in [0, 0.05) is 21.6 Å². The number of aryl methyl sites for hydroxylation is 1. The van der Waals surface area contributed by atoms with Gasteiger partial charge in [-0.05, 0) is 52.2 Å². The van der Waals surface area contributed by atoms with Crippen LogP contribution in [0.25, 0.3) is 0 Å². The van der Waals surface area contributed by atoms with Gasteiger partial charge >= 0.3 is 5.69 Å². The summed E-state index contributed by atoms with van der Waals surface area (Å²) >= 11 is 4.97. The molecule has 104 valence electrons. The third kappa shape index (κ3) is 2.55. The highest BCUT2D eigenvalue weighted by Gasteiger charge is 2.24. The van der Waals surface area contributed by atoms with Crippen LogP contribution in [0.2, 0.25) is 0 Å². The van der Waals surface area contributed by atoms with Crippen molar-refractivity contribution < 1.29 is 4.92 Å². The molecular weight excluding hydrogens is 342 g/mol. The zero-order valence-electron chi connectivity index (χ0n) is 10.5. The Labute approximate surface area is 128 Å². The van der Waals surface area contributed by atoms with Crippen molar-refractivity contribution in [2.24, 2.45) is 0 Å². The summed E-state index contributed by atoms with van der Waals surface area (Å²) in [4.78, 5) is 16.2. The molecule has 1 aliphatic rings. The highest BCUT2D eigenvalue weighted by molar-refractivity contribution is 9.10. The number of nitrogens with one attached hydrogen (secondary N) is 1. The minimum absolute atomic E-state index is 0.00160. The lowest BCUT2D eigenvalue weighted by atomic mass is 9.94. The number of thiophene rings is 1. The summed E-state index contributed by atoms with van der Waals surface area (Å²) < 4.78 is 0.606. The first-order chi connectivity index (χ1) is 9.65. The van der Waals surface area contributed by atoms with E-state index in [2.05, 4.69) is 37.7 Å². The molecule has 20 heavy (non-hydrogen) atoms. The monoisotopic (exact) mass is 353 g/mol. The minimum atomic E-state index is -0.405. The van der Waals surface area contributed by atoms with Crippen molar-refractivity contribution >= 4 is 38.8 Å². The van der Waals surface area contributed by atoms with Crippen LogP contribution in [0, 0.1) is 10.1 Å². The molecule has 1 unspecified atom stereocenters. The second-order valence-corrected chi connectivity index (χ2v) is 6.58. The molecule has 1 atom stereocenters. The number of hydrogen-bond donors (Lipinski definition) is 1. The molecule has 1 aliphatic carbocycles. The Kier molecular flexibility index (Phi) is 3.71. The number of nitro groups is 1. The zero-order chi connectivity index (χ0) is 14.1. The Morgan fingerprint density at radius 2 is 2.40 bits per heavy atom. The van der Waals surface area contributed by atoms with Gasteiger partial charge in [-0.2, -0.15) is 0 Å². The number of aromatic nitrogens is 1. The largest absolute Gasteiger partial charge is 0.357 e. The van der Waals surface area contributed by atoms with Crippen LogP contribution in [0.15, 0.2) is 28.2 Å². The molecule has 0 saturated heterocycles. The van der Waals surface area contributed by atoms with Crippen molar-refractivity contribution in [1.29, 1.82) is 0 Å². The van der Waals surface area contributed by atoms with Crippen molar-refractivity contribution in [3.63, 3.8) is 0 Å². The van der Waals surface area contributed by atoms with Crippen LogP contribution in [0.5, 0.6) is 0 Å². The topological polar surface area (TPSA) is 68.1 Å². The number of fused-ring (bicyclic) bond motifs is 1. The van der Waals surface area contributed by atoms with Gasteiger partial charge in [0.2, 0.25) is 5.82 Å². The van der Waals surface area contributed by atoms with Crippen LogP contribution < -0.4 is 5.32 Å². The van der Waals surface area contributed by atoms with Gasteiger partial charge in [0.05, 0.1) is 11.0 Å². The summed E-state index contributed by atoms with van der Waals surface area (Å²) in [7, 11) is 0. The van der Waals surface area contributed by atoms with Crippen molar-refractivity contribution in [3.8, 4) is 0 Å². The lowest BCUT2D eigenvalue weighted by molar-refractivity contribution is -0.384. The molecule has 7 heteroatoms. The molecule has 0 bridgehead atoms. The molecule has 2 aromatic heterocycles. The van der Waals surface area contributed by atoms with Gasteiger partial charge in [0.1, 0.15) is 0 Å². The molecular formula is C13H12BrN3O2S. The predicted molar refractivity (Wildman–Crippen MR) is 82.2 cm³/mol. The van der Waals surface area contributed by atoms with Crippen LogP contribution in [0.1, 0.15) is 29.3 Å². The Hall–Kier alpha value is -1.47. The van der Waals surface area contributed by atoms with Gasteiger partial charge in [-0.1, -0.05) is 0 Å². The van der Waals surface area contributed by atoms with Crippen molar-refractivity contribution in [2.45, 2.75) is 25.3 Å². The number of hydrogen-bond acceptors (Lipinski definition) is 5. The summed E-state index contributed by atoms with van der Waals surface area (Å²) in [6.45, 7) is 0. The highest BCUT2D eigenvalue weighted by Crippen LogP contribution is 2.37. The van der Waals surface area contributed by atoms with Gasteiger partial charge in [-0.25, -0.2) is 4.98 Å². The smallest absolute Gasteiger partial charge is 0.312 e. The summed E-state index contributed by atoms with van der Waals surface area (Å²) in [6, 6.07) is 3.69. The fourth-order valence-corrected chi connectivity index (χ4v) is 3.79. The maximum Gasteiger partial charge on any atom is 0.312 e. The van der Waals surface area contributed by atoms with Crippen LogP contribution >= 0.6 is 27.3 Å². The molecule has 0 saturated carbocycles. The third-order valence-corrected chi connectivity index (χ3v) is 4.82. The maximum absolute atomic E-state index is 11.1. The van der Waals surface area contributed by atoms with E-state index in [0.29, 0.717) is 10.3 Å². The van der Waals surface area contributed by atoms with E-state index in [9.17, 15) is 10.1 Å². The van der Waals surface area contributed by atoms with E-state index in [1.807, 2.05) is 0 Å². The second-order valence-electron chi connectivity index (χ2n) is 4.67. The van der Waals surface area contributed by atoms with Crippen LogP contribution in [-0.2, 0) is 6.42 Å². The number of halogens is 1. The molecule has 0 fully saturated rings. The number of rotatable bonds is 3. The van der Waals surface area contributed by atoms with E-state index in [1.165, 1.54) is 16.5 Å². The third-order valence-electron chi connectivity index (χ3n) is 3.39. The Morgan fingerprint density at radius 1 is 1.55 bits per heavy atom. The summed E-state index contributed by atoms with van der Waals surface area (Å²) in [5.74, 6) is 0.335. The van der Waals surface area contributed by atoms with E-state index < -0.39 is 4.92 Å². The number of nitrogens with zero attached hydrogens (tertiary/aromatic N) is 2. The van der Waals surface area contributed by atoms with Crippen molar-refractivity contribution in [1.82, 2.24) is 4.98 Å². The molecule has 0 spiro atoms. The lowest BCUT2D eigenvalue weighted by Crippen LogP contribution is -2.17. The maximum atomic E-state index is 11.1. The molecule has 5 nitrogen and oxygen atoms in total. The van der Waals surface area contributed by atoms with E-state index in [0.717, 1.165) is 19.3 Å². The molecule has 2 heterocycles. The van der Waals surface area contributed by atoms with Gasteiger partial charge in [-0.15, -0.1) is 11.3 Å². The van der Waals surface area contributed by atoms with Gasteiger partial charge in [-0.3, -0.25) is 10.1 Å². The Morgan fingerprint density at radius 3 is 3.20 bits per heavy atom. The summed E-state index contributed by atoms with van der Waals surface area (Å²) in [6.07, 6.45) is 4.74. The fourth-order valence-electron chi connectivity index (χ4n) is 2.48.